The molecule has 0 heterocycles. The quantitative estimate of drug-likeness (QED) is 0.350. The Morgan fingerprint density at radius 2 is 1.09 bits per heavy atom. The lowest BCUT2D eigenvalue weighted by atomic mass is 9.70. The monoisotopic (exact) mass is 302 g/mol. The summed E-state index contributed by atoms with van der Waals surface area (Å²) < 4.78 is 0. The second kappa shape index (κ2) is 11.5. The van der Waals surface area contributed by atoms with E-state index in [9.17, 15) is 0 Å². The summed E-state index contributed by atoms with van der Waals surface area (Å²) in [6.45, 7) is 21.5. The lowest BCUT2D eigenvalue weighted by Gasteiger charge is -2.34. The topological polar surface area (TPSA) is 0 Å². The predicted octanol–water partition coefficient (Wildman–Crippen LogP) is 7.36. The van der Waals surface area contributed by atoms with Crippen molar-refractivity contribution < 1.29 is 0 Å². The summed E-state index contributed by atoms with van der Waals surface area (Å²) in [4.78, 5) is 0. The van der Waals surface area contributed by atoms with Crippen LogP contribution in [-0.4, -0.2) is 0 Å². The van der Waals surface area contributed by atoms with Crippen LogP contribution in [0.15, 0.2) is 48.6 Å². The number of hydrogen-bond donors (Lipinski definition) is 0. The minimum absolute atomic E-state index is 0.673. The normalized spacial score (nSPS) is 16.1. The summed E-state index contributed by atoms with van der Waals surface area (Å²) in [7, 11) is 0. The first-order valence-corrected chi connectivity index (χ1v) is 8.81. The van der Waals surface area contributed by atoms with Crippen molar-refractivity contribution >= 4 is 0 Å². The lowest BCUT2D eigenvalue weighted by Crippen LogP contribution is -2.26. The fourth-order valence-electron chi connectivity index (χ4n) is 3.26. The van der Waals surface area contributed by atoms with Gasteiger partial charge in [0.25, 0.3) is 0 Å². The molecule has 0 rings (SSSR count). The van der Waals surface area contributed by atoms with Gasteiger partial charge in [0.05, 0.1) is 0 Å². The average molecular weight is 303 g/mol. The highest BCUT2D eigenvalue weighted by Gasteiger charge is 2.28. The molecule has 0 aliphatic carbocycles. The Balaban J connectivity index is 5.25. The van der Waals surface area contributed by atoms with E-state index in [0.29, 0.717) is 23.7 Å². The Bertz CT molecular complexity index is 375. The zero-order valence-corrected chi connectivity index (χ0v) is 15.9. The lowest BCUT2D eigenvalue weighted by molar-refractivity contribution is 0.181. The van der Waals surface area contributed by atoms with Crippen LogP contribution in [0, 0.1) is 23.7 Å². The first-order chi connectivity index (χ1) is 10.3. The predicted molar refractivity (Wildman–Crippen MR) is 103 cm³/mol. The van der Waals surface area contributed by atoms with E-state index in [4.69, 9.17) is 0 Å². The molecule has 22 heavy (non-hydrogen) atoms. The van der Waals surface area contributed by atoms with Crippen molar-refractivity contribution in [3.8, 4) is 0 Å². The first-order valence-electron chi connectivity index (χ1n) is 8.81. The Kier molecular flexibility index (Phi) is 11.0. The van der Waals surface area contributed by atoms with Gasteiger partial charge in [0.1, 0.15) is 0 Å². The van der Waals surface area contributed by atoms with E-state index in [1.54, 1.807) is 0 Å². The second-order valence-electron chi connectivity index (χ2n) is 7.37. The van der Waals surface area contributed by atoms with Crippen molar-refractivity contribution in [3.05, 3.63) is 48.6 Å². The maximum atomic E-state index is 4.01. The Labute approximate surface area is 140 Å². The summed E-state index contributed by atoms with van der Waals surface area (Å²) in [5, 5.41) is 0. The molecule has 0 aromatic rings. The molecule has 0 saturated carbocycles. The standard InChI is InChI=1S/C22H38/c1-9-11-19(7)22(16-14-18(5)6)21(12-10-2)20(8)15-13-17(3)4/h9-10,13-14,19-22H,1-2,11-12,15-16H2,3-8H3. The van der Waals surface area contributed by atoms with Crippen LogP contribution in [0.2, 0.25) is 0 Å². The van der Waals surface area contributed by atoms with E-state index in [1.165, 1.54) is 24.0 Å². The average Bonchev–Trinajstić information content (AvgIpc) is 2.43. The number of allylic oxidation sites excluding steroid dienone is 6. The van der Waals surface area contributed by atoms with Crippen molar-refractivity contribution in [1.82, 2.24) is 0 Å². The highest BCUT2D eigenvalue weighted by atomic mass is 14.3. The van der Waals surface area contributed by atoms with Gasteiger partial charge in [-0.2, -0.15) is 0 Å². The van der Waals surface area contributed by atoms with Gasteiger partial charge in [-0.25, -0.2) is 0 Å². The largest absolute Gasteiger partial charge is 0.103 e. The van der Waals surface area contributed by atoms with E-state index in [2.05, 4.69) is 79.0 Å². The van der Waals surface area contributed by atoms with Crippen LogP contribution in [-0.2, 0) is 0 Å². The Morgan fingerprint density at radius 3 is 1.55 bits per heavy atom. The van der Waals surface area contributed by atoms with Crippen molar-refractivity contribution in [3.63, 3.8) is 0 Å². The molecule has 0 aliphatic heterocycles. The molecular formula is C22H38. The first kappa shape index (κ1) is 21.0. The van der Waals surface area contributed by atoms with Crippen LogP contribution < -0.4 is 0 Å². The van der Waals surface area contributed by atoms with Crippen LogP contribution in [0.5, 0.6) is 0 Å². The van der Waals surface area contributed by atoms with Crippen LogP contribution in [0.3, 0.4) is 0 Å². The van der Waals surface area contributed by atoms with Crippen LogP contribution >= 0.6 is 0 Å². The van der Waals surface area contributed by atoms with Gasteiger partial charge in [-0.15, -0.1) is 13.2 Å². The van der Waals surface area contributed by atoms with Gasteiger partial charge in [0, 0.05) is 0 Å². The van der Waals surface area contributed by atoms with E-state index in [-0.39, 0.29) is 0 Å². The van der Waals surface area contributed by atoms with Gasteiger partial charge in [0.15, 0.2) is 0 Å². The molecule has 0 aromatic carbocycles. The highest BCUT2D eigenvalue weighted by Crippen LogP contribution is 2.37. The summed E-state index contributed by atoms with van der Waals surface area (Å²) >= 11 is 0. The number of hydrogen-bond acceptors (Lipinski definition) is 0. The van der Waals surface area contributed by atoms with Crippen molar-refractivity contribution in [2.24, 2.45) is 23.7 Å². The van der Waals surface area contributed by atoms with Crippen LogP contribution in [0.1, 0.15) is 67.2 Å². The highest BCUT2D eigenvalue weighted by molar-refractivity contribution is 4.99. The van der Waals surface area contributed by atoms with Crippen molar-refractivity contribution in [1.29, 1.82) is 0 Å². The van der Waals surface area contributed by atoms with Gasteiger partial charge in [-0.3, -0.25) is 0 Å². The minimum atomic E-state index is 0.673. The second-order valence-corrected chi connectivity index (χ2v) is 7.37. The molecule has 0 nitrogen and oxygen atoms in total. The summed E-state index contributed by atoms with van der Waals surface area (Å²) in [5.74, 6) is 2.76. The molecule has 4 unspecified atom stereocenters. The maximum Gasteiger partial charge on any atom is -0.0314 e. The molecule has 0 N–H and O–H groups in total. The third-order valence-corrected chi connectivity index (χ3v) is 4.69. The summed E-state index contributed by atoms with van der Waals surface area (Å²) in [6.07, 6.45) is 13.5. The molecule has 0 saturated heterocycles. The summed E-state index contributed by atoms with van der Waals surface area (Å²) in [5.41, 5.74) is 2.84. The van der Waals surface area contributed by atoms with Gasteiger partial charge >= 0.3 is 0 Å². The Hall–Kier alpha value is -1.04. The molecule has 0 fully saturated rings. The Morgan fingerprint density at radius 1 is 0.682 bits per heavy atom. The molecule has 0 aliphatic rings. The van der Waals surface area contributed by atoms with E-state index >= 15 is 0 Å². The zero-order chi connectivity index (χ0) is 17.1. The van der Waals surface area contributed by atoms with Gasteiger partial charge in [0.2, 0.25) is 0 Å². The molecule has 0 amide bonds. The maximum absolute atomic E-state index is 4.01. The fraction of sp³-hybridized carbons (Fsp3) is 0.636. The molecule has 0 heteroatoms. The minimum Gasteiger partial charge on any atom is -0.103 e. The van der Waals surface area contributed by atoms with Crippen molar-refractivity contribution in [2.45, 2.75) is 67.2 Å². The van der Waals surface area contributed by atoms with E-state index < -0.39 is 0 Å². The van der Waals surface area contributed by atoms with Crippen LogP contribution in [0.4, 0.5) is 0 Å². The van der Waals surface area contributed by atoms with Crippen molar-refractivity contribution in [2.75, 3.05) is 0 Å². The van der Waals surface area contributed by atoms with Crippen LogP contribution in [0.25, 0.3) is 0 Å². The molecule has 0 bridgehead atoms. The third-order valence-electron chi connectivity index (χ3n) is 4.69. The molecule has 0 aromatic heterocycles. The smallest absolute Gasteiger partial charge is 0.0314 e. The fourth-order valence-corrected chi connectivity index (χ4v) is 3.26. The van der Waals surface area contributed by atoms with Gasteiger partial charge in [-0.05, 0) is 77.0 Å². The molecular weight excluding hydrogens is 264 g/mol. The van der Waals surface area contributed by atoms with Gasteiger partial charge < -0.3 is 0 Å². The van der Waals surface area contributed by atoms with E-state index in [0.717, 1.165) is 12.8 Å². The van der Waals surface area contributed by atoms with Gasteiger partial charge in [-0.1, -0.05) is 49.3 Å². The summed E-state index contributed by atoms with van der Waals surface area (Å²) in [6, 6.07) is 0. The molecule has 126 valence electrons. The molecule has 4 atom stereocenters. The molecule has 0 spiro atoms. The third kappa shape index (κ3) is 8.41. The van der Waals surface area contributed by atoms with E-state index in [1.807, 2.05) is 0 Å². The SMILES string of the molecule is C=CCC(C)C(CC=C(C)C)C(CC=C)C(C)CC=C(C)C. The zero-order valence-electron chi connectivity index (χ0n) is 15.9. The number of rotatable bonds is 11. The molecule has 0 radical (unpaired) electrons.